The third kappa shape index (κ3) is 4.02. The standard InChI is InChI=1S/C34H52O5/c1-21(35)38-27-13-14-31(7)25(30(27,5)6)12-15-33(9)26(31)11-10-23-24-20-29(3,4)16-18-34(24,19-17-32(23,33)8)28(37)39-22(2)36/h10,24-27H,11-20H2,1-9H3/t24-,25-,26+,27-,31-,32+,33+,34-/m0/s1. The number of hydrogen-bond donors (Lipinski definition) is 0. The second-order valence-electron chi connectivity index (χ2n) is 16.2. The van der Waals surface area contributed by atoms with Gasteiger partial charge in [-0.25, -0.2) is 0 Å². The zero-order valence-corrected chi connectivity index (χ0v) is 26.0. The summed E-state index contributed by atoms with van der Waals surface area (Å²) in [6, 6.07) is 0. The summed E-state index contributed by atoms with van der Waals surface area (Å²) in [5, 5.41) is 0. The molecule has 5 rings (SSSR count). The molecule has 218 valence electrons. The number of esters is 3. The molecule has 0 aromatic rings. The SMILES string of the molecule is CC(=O)OC(=O)[C@]12CCC(C)(C)C[C@H]1C1=CC[C@@H]3[C@@]4(C)CC[C@H](OC(C)=O)C(C)(C)[C@@H]4CC[C@@]3(C)[C@]1(C)CC2. The van der Waals surface area contributed by atoms with Crippen molar-refractivity contribution >= 4 is 17.9 Å². The highest BCUT2D eigenvalue weighted by molar-refractivity contribution is 5.88. The summed E-state index contributed by atoms with van der Waals surface area (Å²) >= 11 is 0. The summed E-state index contributed by atoms with van der Waals surface area (Å²) in [6.45, 7) is 19.8. The molecule has 0 amide bonds. The number of carbonyl (C=O) groups excluding carboxylic acids is 3. The number of ether oxygens (including phenoxy) is 2. The quantitative estimate of drug-likeness (QED) is 0.203. The Hall–Kier alpha value is -1.65. The van der Waals surface area contributed by atoms with Crippen LogP contribution in [0.2, 0.25) is 0 Å². The minimum atomic E-state index is -0.582. The minimum Gasteiger partial charge on any atom is -0.462 e. The van der Waals surface area contributed by atoms with Gasteiger partial charge in [-0.3, -0.25) is 14.4 Å². The van der Waals surface area contributed by atoms with Crippen LogP contribution in [0.3, 0.4) is 0 Å². The fraction of sp³-hybridized carbons (Fsp3) is 0.853. The van der Waals surface area contributed by atoms with E-state index in [2.05, 4.69) is 54.5 Å². The Morgan fingerprint density at radius 1 is 0.795 bits per heavy atom. The van der Waals surface area contributed by atoms with Crippen molar-refractivity contribution in [1.82, 2.24) is 0 Å². The van der Waals surface area contributed by atoms with Crippen molar-refractivity contribution in [2.45, 2.75) is 133 Å². The summed E-state index contributed by atoms with van der Waals surface area (Å²) in [5.74, 6) is 0.233. The van der Waals surface area contributed by atoms with Crippen molar-refractivity contribution in [3.05, 3.63) is 11.6 Å². The monoisotopic (exact) mass is 540 g/mol. The Morgan fingerprint density at radius 2 is 1.46 bits per heavy atom. The van der Waals surface area contributed by atoms with Crippen molar-refractivity contribution in [3.63, 3.8) is 0 Å². The normalized spacial score (nSPS) is 45.8. The van der Waals surface area contributed by atoms with Crippen LogP contribution in [0.25, 0.3) is 0 Å². The predicted octanol–water partition coefficient (Wildman–Crippen LogP) is 7.81. The molecule has 0 heterocycles. The first-order valence-corrected chi connectivity index (χ1v) is 15.5. The maximum absolute atomic E-state index is 13.6. The van der Waals surface area contributed by atoms with Gasteiger partial charge in [-0.1, -0.05) is 60.1 Å². The molecule has 0 aliphatic heterocycles. The first-order valence-electron chi connectivity index (χ1n) is 15.5. The zero-order valence-electron chi connectivity index (χ0n) is 26.0. The van der Waals surface area contributed by atoms with E-state index >= 15 is 0 Å². The van der Waals surface area contributed by atoms with Crippen LogP contribution in [0.1, 0.15) is 127 Å². The molecule has 39 heavy (non-hydrogen) atoms. The lowest BCUT2D eigenvalue weighted by molar-refractivity contribution is -0.213. The highest BCUT2D eigenvalue weighted by Gasteiger charge is 2.69. The molecule has 0 unspecified atom stereocenters. The van der Waals surface area contributed by atoms with E-state index in [1.807, 2.05) is 0 Å². The Bertz CT molecular complexity index is 1100. The average Bonchev–Trinajstić information content (AvgIpc) is 2.80. The average molecular weight is 541 g/mol. The summed E-state index contributed by atoms with van der Waals surface area (Å²) in [5.41, 5.74) is 1.31. The molecule has 0 saturated heterocycles. The van der Waals surface area contributed by atoms with Gasteiger partial charge in [-0.05, 0) is 104 Å². The lowest BCUT2D eigenvalue weighted by Crippen LogP contribution is -2.65. The lowest BCUT2D eigenvalue weighted by Gasteiger charge is -2.71. The second kappa shape index (κ2) is 8.92. The minimum absolute atomic E-state index is 0.0128. The van der Waals surface area contributed by atoms with Crippen LogP contribution in [0.15, 0.2) is 11.6 Å². The zero-order chi connectivity index (χ0) is 28.8. The van der Waals surface area contributed by atoms with Gasteiger partial charge < -0.3 is 9.47 Å². The molecule has 8 atom stereocenters. The van der Waals surface area contributed by atoms with Gasteiger partial charge >= 0.3 is 17.9 Å². The molecular weight excluding hydrogens is 488 g/mol. The first-order chi connectivity index (χ1) is 17.9. The lowest BCUT2D eigenvalue weighted by atomic mass is 9.33. The molecule has 4 saturated carbocycles. The van der Waals surface area contributed by atoms with E-state index < -0.39 is 11.4 Å². The van der Waals surface area contributed by atoms with Gasteiger partial charge in [-0.2, -0.15) is 0 Å². The fourth-order valence-corrected chi connectivity index (χ4v) is 11.2. The molecule has 0 radical (unpaired) electrons. The topological polar surface area (TPSA) is 69.7 Å². The maximum atomic E-state index is 13.6. The van der Waals surface area contributed by atoms with Gasteiger partial charge in [0.1, 0.15) is 6.10 Å². The highest BCUT2D eigenvalue weighted by Crippen LogP contribution is 2.76. The van der Waals surface area contributed by atoms with Crippen LogP contribution < -0.4 is 0 Å². The molecule has 5 heteroatoms. The van der Waals surface area contributed by atoms with Gasteiger partial charge in [0.2, 0.25) is 0 Å². The van der Waals surface area contributed by atoms with Gasteiger partial charge in [0.05, 0.1) is 5.41 Å². The summed E-state index contributed by atoms with van der Waals surface area (Å²) < 4.78 is 11.3. The largest absolute Gasteiger partial charge is 0.462 e. The van der Waals surface area contributed by atoms with Crippen LogP contribution in [0.4, 0.5) is 0 Å². The molecule has 5 nitrogen and oxygen atoms in total. The first kappa shape index (κ1) is 28.9. The summed E-state index contributed by atoms with van der Waals surface area (Å²) in [6.07, 6.45) is 12.4. The van der Waals surface area contributed by atoms with Gasteiger partial charge in [-0.15, -0.1) is 0 Å². The van der Waals surface area contributed by atoms with E-state index in [1.165, 1.54) is 19.4 Å². The Labute approximate surface area is 236 Å². The molecule has 4 fully saturated rings. The Kier molecular flexibility index (Phi) is 6.60. The van der Waals surface area contributed by atoms with Crippen molar-refractivity contribution in [1.29, 1.82) is 0 Å². The predicted molar refractivity (Wildman–Crippen MR) is 151 cm³/mol. The smallest absolute Gasteiger partial charge is 0.320 e. The molecule has 0 aromatic carbocycles. The van der Waals surface area contributed by atoms with Crippen LogP contribution in [-0.2, 0) is 23.9 Å². The number of rotatable bonds is 2. The van der Waals surface area contributed by atoms with Crippen LogP contribution in [0.5, 0.6) is 0 Å². The van der Waals surface area contributed by atoms with E-state index in [0.29, 0.717) is 11.8 Å². The third-order valence-corrected chi connectivity index (χ3v) is 13.5. The van der Waals surface area contributed by atoms with Crippen molar-refractivity contribution in [3.8, 4) is 0 Å². The van der Waals surface area contributed by atoms with E-state index in [9.17, 15) is 14.4 Å². The molecule has 5 aliphatic rings. The molecule has 0 spiro atoms. The highest BCUT2D eigenvalue weighted by atomic mass is 16.6. The molecule has 0 N–H and O–H groups in total. The molecule has 5 aliphatic carbocycles. The van der Waals surface area contributed by atoms with Crippen LogP contribution >= 0.6 is 0 Å². The summed E-state index contributed by atoms with van der Waals surface area (Å²) in [7, 11) is 0. The fourth-order valence-electron chi connectivity index (χ4n) is 11.2. The van der Waals surface area contributed by atoms with Gasteiger partial charge in [0, 0.05) is 19.3 Å². The molecular formula is C34H52O5. The maximum Gasteiger partial charge on any atom is 0.320 e. The Balaban J connectivity index is 1.55. The van der Waals surface area contributed by atoms with Crippen molar-refractivity contribution in [2.75, 3.05) is 0 Å². The van der Waals surface area contributed by atoms with Crippen LogP contribution in [0, 0.1) is 50.2 Å². The van der Waals surface area contributed by atoms with E-state index in [0.717, 1.165) is 64.2 Å². The summed E-state index contributed by atoms with van der Waals surface area (Å²) in [4.78, 5) is 37.5. The number of allylic oxidation sites excluding steroid dienone is 2. The van der Waals surface area contributed by atoms with Crippen LogP contribution in [-0.4, -0.2) is 24.0 Å². The third-order valence-electron chi connectivity index (χ3n) is 13.5. The van der Waals surface area contributed by atoms with Crippen molar-refractivity contribution in [2.24, 2.45) is 50.2 Å². The molecule has 0 aromatic heterocycles. The van der Waals surface area contributed by atoms with Gasteiger partial charge in [0.15, 0.2) is 0 Å². The van der Waals surface area contributed by atoms with E-state index in [4.69, 9.17) is 9.47 Å². The van der Waals surface area contributed by atoms with Gasteiger partial charge in [0.25, 0.3) is 0 Å². The molecule has 0 bridgehead atoms. The number of carbonyl (C=O) groups is 3. The Morgan fingerprint density at radius 3 is 2.10 bits per heavy atom. The van der Waals surface area contributed by atoms with E-state index in [1.54, 1.807) is 0 Å². The van der Waals surface area contributed by atoms with Crippen molar-refractivity contribution < 1.29 is 23.9 Å². The number of hydrogen-bond acceptors (Lipinski definition) is 5. The number of fused-ring (bicyclic) bond motifs is 7. The van der Waals surface area contributed by atoms with E-state index in [-0.39, 0.29) is 51.0 Å². The second-order valence-corrected chi connectivity index (χ2v) is 16.2.